The fraction of sp³-hybridized carbons (Fsp3) is 0.476. The molecule has 3 aliphatic carbocycles. The Morgan fingerprint density at radius 3 is 2.59 bits per heavy atom. The van der Waals surface area contributed by atoms with E-state index in [0.717, 1.165) is 12.1 Å². The van der Waals surface area contributed by atoms with Gasteiger partial charge < -0.3 is 25.0 Å². The number of amides is 2. The average molecular weight is 453 g/mol. The van der Waals surface area contributed by atoms with Crippen molar-refractivity contribution in [3.63, 3.8) is 0 Å². The summed E-state index contributed by atoms with van der Waals surface area (Å²) in [4.78, 5) is 24.9. The van der Waals surface area contributed by atoms with Gasteiger partial charge in [-0.2, -0.15) is 0 Å². The van der Waals surface area contributed by atoms with Gasteiger partial charge in [-0.1, -0.05) is 11.2 Å². The highest BCUT2D eigenvalue weighted by Crippen LogP contribution is 2.47. The number of benzene rings is 1. The van der Waals surface area contributed by atoms with Crippen LogP contribution in [0.25, 0.3) is 0 Å². The summed E-state index contributed by atoms with van der Waals surface area (Å²) in [6.07, 6.45) is -1.86. The van der Waals surface area contributed by atoms with Crippen molar-refractivity contribution in [3.05, 3.63) is 47.6 Å². The normalized spacial score (nSPS) is 26.7. The van der Waals surface area contributed by atoms with E-state index < -0.39 is 46.9 Å². The Morgan fingerprint density at radius 2 is 1.97 bits per heavy atom. The van der Waals surface area contributed by atoms with Crippen LogP contribution in [0.5, 0.6) is 5.75 Å². The molecule has 3 fully saturated rings. The number of aromatic nitrogens is 1. The molecule has 8 nitrogen and oxygen atoms in total. The van der Waals surface area contributed by atoms with Crippen LogP contribution in [0.15, 0.2) is 34.9 Å². The van der Waals surface area contributed by atoms with Crippen LogP contribution in [-0.4, -0.2) is 45.9 Å². The molecule has 32 heavy (non-hydrogen) atoms. The van der Waals surface area contributed by atoms with Gasteiger partial charge in [0.15, 0.2) is 12.3 Å². The summed E-state index contributed by atoms with van der Waals surface area (Å²) >= 11 is 0. The maximum absolute atomic E-state index is 13.2. The first-order valence-electron chi connectivity index (χ1n) is 10.2. The molecule has 11 heteroatoms. The molecule has 1 atom stereocenters. The van der Waals surface area contributed by atoms with E-state index in [0.29, 0.717) is 25.7 Å². The molecule has 1 aromatic heterocycles. The number of fused-ring (bicyclic) bond motifs is 3. The van der Waals surface area contributed by atoms with Crippen molar-refractivity contribution in [3.8, 4) is 5.75 Å². The summed E-state index contributed by atoms with van der Waals surface area (Å²) in [5, 5.41) is 19.6. The summed E-state index contributed by atoms with van der Waals surface area (Å²) in [7, 11) is 0. The third-order valence-corrected chi connectivity index (χ3v) is 6.23. The minimum atomic E-state index is -2.85. The summed E-state index contributed by atoms with van der Waals surface area (Å²) in [5.74, 6) is -1.72. The number of carbonyl (C=O) groups is 2. The highest BCUT2D eigenvalue weighted by atomic mass is 19.3. The molecule has 0 radical (unpaired) electrons. The van der Waals surface area contributed by atoms with Crippen LogP contribution in [0.4, 0.5) is 13.2 Å². The van der Waals surface area contributed by atoms with Crippen LogP contribution >= 0.6 is 0 Å². The molecule has 0 unspecified atom stereocenters. The number of rotatable bonds is 7. The first-order chi connectivity index (χ1) is 15.2. The van der Waals surface area contributed by atoms with Gasteiger partial charge in [0.25, 0.3) is 18.2 Å². The molecule has 0 saturated heterocycles. The van der Waals surface area contributed by atoms with Crippen LogP contribution in [0.3, 0.4) is 0 Å². The van der Waals surface area contributed by atoms with Gasteiger partial charge in [-0.15, -0.1) is 0 Å². The zero-order valence-corrected chi connectivity index (χ0v) is 16.9. The van der Waals surface area contributed by atoms with E-state index in [-0.39, 0.29) is 24.5 Å². The summed E-state index contributed by atoms with van der Waals surface area (Å²) < 4.78 is 48.6. The second-order valence-electron chi connectivity index (χ2n) is 8.32. The first-order valence-corrected chi connectivity index (χ1v) is 10.2. The van der Waals surface area contributed by atoms with Crippen LogP contribution in [0.1, 0.15) is 54.8 Å². The van der Waals surface area contributed by atoms with Crippen LogP contribution in [0.2, 0.25) is 0 Å². The standard InChI is InChI=1S/C21H22F3N3O5/c22-12-2-1-3-13(8-12)31-11-17(29)25-21-6-4-20(5-7-21,10-16(21)28)26-19(30)15-9-14(18(23)24)27-32-15/h1-3,8-9,16,18,28H,4-7,10-11H2,(H,25,29)(H,26,30)/t16-,20?,21?/m0/s1. The Balaban J connectivity index is 1.34. The number of alkyl halides is 2. The summed E-state index contributed by atoms with van der Waals surface area (Å²) in [5.41, 5.74) is -2.22. The van der Waals surface area contributed by atoms with Gasteiger partial charge >= 0.3 is 0 Å². The number of halogens is 3. The molecule has 3 N–H and O–H groups in total. The highest BCUT2D eigenvalue weighted by Gasteiger charge is 2.55. The fourth-order valence-corrected chi connectivity index (χ4v) is 4.48. The molecule has 1 aromatic carbocycles. The van der Waals surface area contributed by atoms with Crippen molar-refractivity contribution in [1.82, 2.24) is 15.8 Å². The topological polar surface area (TPSA) is 114 Å². The van der Waals surface area contributed by atoms with E-state index in [9.17, 15) is 27.9 Å². The zero-order chi connectivity index (χ0) is 22.9. The summed E-state index contributed by atoms with van der Waals surface area (Å²) in [6.45, 7) is -0.336. The van der Waals surface area contributed by atoms with Gasteiger partial charge in [0.1, 0.15) is 11.6 Å². The molecular weight excluding hydrogens is 431 g/mol. The van der Waals surface area contributed by atoms with Crippen LogP contribution < -0.4 is 15.4 Å². The lowest BCUT2D eigenvalue weighted by Gasteiger charge is -2.56. The second kappa shape index (κ2) is 8.45. The average Bonchev–Trinajstić information content (AvgIpc) is 3.25. The number of nitrogens with one attached hydrogen (secondary N) is 2. The lowest BCUT2D eigenvalue weighted by molar-refractivity contribution is -0.132. The quantitative estimate of drug-likeness (QED) is 0.594. The molecule has 2 bridgehead atoms. The number of ether oxygens (including phenoxy) is 1. The molecule has 0 aliphatic heterocycles. The van der Waals surface area contributed by atoms with Gasteiger partial charge in [-0.05, 0) is 44.2 Å². The Morgan fingerprint density at radius 1 is 1.22 bits per heavy atom. The van der Waals surface area contributed by atoms with E-state index in [1.807, 2.05) is 0 Å². The minimum Gasteiger partial charge on any atom is -0.484 e. The van der Waals surface area contributed by atoms with E-state index >= 15 is 0 Å². The van der Waals surface area contributed by atoms with Crippen LogP contribution in [-0.2, 0) is 4.79 Å². The van der Waals surface area contributed by atoms with E-state index in [2.05, 4.69) is 15.8 Å². The summed E-state index contributed by atoms with van der Waals surface area (Å²) in [6, 6.07) is 6.31. The molecule has 5 rings (SSSR count). The van der Waals surface area contributed by atoms with Gasteiger partial charge in [-0.3, -0.25) is 9.59 Å². The second-order valence-corrected chi connectivity index (χ2v) is 8.32. The number of aliphatic hydroxyl groups excluding tert-OH is 1. The SMILES string of the molecule is O=C(COc1cccc(F)c1)NC12CCC(NC(=O)c3cc(C(F)F)no3)(CC1)C[C@@H]2O. The van der Waals surface area contributed by atoms with Crippen LogP contribution in [0, 0.1) is 5.82 Å². The van der Waals surface area contributed by atoms with Gasteiger partial charge in [-0.25, -0.2) is 13.2 Å². The smallest absolute Gasteiger partial charge is 0.290 e. The minimum absolute atomic E-state index is 0.180. The van der Waals surface area contributed by atoms with Gasteiger partial charge in [0.05, 0.1) is 11.6 Å². The third kappa shape index (κ3) is 4.43. The first kappa shape index (κ1) is 22.1. The maximum atomic E-state index is 13.2. The Labute approximate surface area is 181 Å². The van der Waals surface area contributed by atoms with Crippen molar-refractivity contribution >= 4 is 11.8 Å². The van der Waals surface area contributed by atoms with Crippen molar-refractivity contribution < 1.29 is 37.1 Å². The lowest BCUT2D eigenvalue weighted by Crippen LogP contribution is -2.70. The molecule has 0 spiro atoms. The largest absolute Gasteiger partial charge is 0.484 e. The number of hydrogen-bond donors (Lipinski definition) is 3. The molecule has 2 amide bonds. The monoisotopic (exact) mass is 453 g/mol. The van der Waals surface area contributed by atoms with E-state index in [1.54, 1.807) is 0 Å². The zero-order valence-electron chi connectivity index (χ0n) is 16.9. The number of aliphatic hydroxyl groups is 1. The molecule has 3 saturated carbocycles. The Hall–Kier alpha value is -3.08. The number of nitrogens with zero attached hydrogens (tertiary/aromatic N) is 1. The van der Waals surface area contributed by atoms with Gasteiger partial charge in [0.2, 0.25) is 5.76 Å². The molecular formula is C21H22F3N3O5. The van der Waals surface area contributed by atoms with Crippen molar-refractivity contribution in [2.24, 2.45) is 0 Å². The Bertz CT molecular complexity index is 1000. The fourth-order valence-electron chi connectivity index (χ4n) is 4.48. The molecule has 2 aromatic rings. The predicted octanol–water partition coefficient (Wildman–Crippen LogP) is 2.49. The number of carbonyl (C=O) groups excluding carboxylic acids is 2. The predicted molar refractivity (Wildman–Crippen MR) is 104 cm³/mol. The maximum Gasteiger partial charge on any atom is 0.290 e. The molecule has 1 heterocycles. The molecule has 172 valence electrons. The Kier molecular flexibility index (Phi) is 5.85. The van der Waals surface area contributed by atoms with E-state index in [4.69, 9.17) is 9.26 Å². The van der Waals surface area contributed by atoms with Gasteiger partial charge in [0, 0.05) is 17.7 Å². The van der Waals surface area contributed by atoms with Crippen molar-refractivity contribution in [2.45, 2.75) is 55.7 Å². The third-order valence-electron chi connectivity index (χ3n) is 6.23. The van der Waals surface area contributed by atoms with E-state index in [1.165, 1.54) is 18.2 Å². The highest BCUT2D eigenvalue weighted by molar-refractivity contribution is 5.92. The number of hydrogen-bond acceptors (Lipinski definition) is 6. The van der Waals surface area contributed by atoms with Crippen molar-refractivity contribution in [2.75, 3.05) is 6.61 Å². The lowest BCUT2D eigenvalue weighted by atomic mass is 9.60. The van der Waals surface area contributed by atoms with Crippen molar-refractivity contribution in [1.29, 1.82) is 0 Å². The molecule has 3 aliphatic rings.